The zero-order valence-electron chi connectivity index (χ0n) is 17.8. The van der Waals surface area contributed by atoms with Crippen molar-refractivity contribution >= 4 is 41.5 Å². The number of guanidine groups is 1. The van der Waals surface area contributed by atoms with Crippen molar-refractivity contribution in [3.05, 3.63) is 0 Å². The molecule has 0 heterocycles. The number of aliphatic imine (C=N–C) groups is 1. The lowest BCUT2D eigenvalue weighted by molar-refractivity contribution is -0.147. The third-order valence-electron chi connectivity index (χ3n) is 4.05. The Balaban J connectivity index is 4.87. The molecule has 0 aliphatic heterocycles. The molecule has 0 radical (unpaired) electrons. The Bertz CT molecular complexity index is 768. The molecule has 4 amide bonds. The number of aliphatic carboxylic acids is 2. The van der Waals surface area contributed by atoms with E-state index in [1.54, 1.807) is 0 Å². The van der Waals surface area contributed by atoms with Gasteiger partial charge in [0.05, 0.1) is 19.0 Å². The Hall–Kier alpha value is -3.95. The van der Waals surface area contributed by atoms with Crippen molar-refractivity contribution < 1.29 is 39.0 Å². The average molecular weight is 474 g/mol. The van der Waals surface area contributed by atoms with Crippen molar-refractivity contribution in [3.8, 4) is 0 Å². The largest absolute Gasteiger partial charge is 0.481 e. The number of amides is 4. The topological polar surface area (TPSA) is 295 Å². The Labute approximate surface area is 188 Å². The molecule has 0 spiro atoms. The molecule has 3 atom stereocenters. The third-order valence-corrected chi connectivity index (χ3v) is 4.05. The molecule has 0 saturated carbocycles. The van der Waals surface area contributed by atoms with Gasteiger partial charge in [-0.25, -0.2) is 4.79 Å². The van der Waals surface area contributed by atoms with Gasteiger partial charge in [0, 0.05) is 13.0 Å². The monoisotopic (exact) mass is 474 g/mol. The molecule has 0 fully saturated rings. The smallest absolute Gasteiger partial charge is 0.326 e. The summed E-state index contributed by atoms with van der Waals surface area (Å²) in [5.74, 6) is -6.50. The first kappa shape index (κ1) is 29.0. The molecule has 0 aromatic rings. The first-order valence-corrected chi connectivity index (χ1v) is 9.74. The van der Waals surface area contributed by atoms with E-state index in [4.69, 9.17) is 33.1 Å². The highest BCUT2D eigenvalue weighted by molar-refractivity contribution is 5.93. The zero-order chi connectivity index (χ0) is 25.6. The summed E-state index contributed by atoms with van der Waals surface area (Å²) in [5.41, 5.74) is 21.1. The standard InChI is InChI=1S/C17H30N8O8/c18-8(2-1-5-22-17(20)21)14(30)23-7-12(27)24-9(3-4-11(19)26)15(31)25-10(16(32)33)6-13(28)29/h8-10H,1-7,18H2,(H2,19,26)(H,23,30)(H,24,27)(H,25,31)(H,28,29)(H,32,33)(H4,20,21,22)/t8-,9-,10-/m0/s1. The van der Waals surface area contributed by atoms with Gasteiger partial charge < -0.3 is 49.1 Å². The molecule has 0 rings (SSSR count). The van der Waals surface area contributed by atoms with Gasteiger partial charge in [0.15, 0.2) is 5.96 Å². The number of carbonyl (C=O) groups excluding carboxylic acids is 4. The molecule has 0 aromatic heterocycles. The number of rotatable bonds is 16. The van der Waals surface area contributed by atoms with E-state index >= 15 is 0 Å². The van der Waals surface area contributed by atoms with Crippen LogP contribution >= 0.6 is 0 Å². The number of nitrogens with two attached hydrogens (primary N) is 4. The van der Waals surface area contributed by atoms with E-state index < -0.39 is 66.7 Å². The van der Waals surface area contributed by atoms with E-state index in [0.29, 0.717) is 6.42 Å². The summed E-state index contributed by atoms with van der Waals surface area (Å²) in [4.78, 5) is 73.1. The second-order valence-corrected chi connectivity index (χ2v) is 6.90. The molecule has 0 bridgehead atoms. The fourth-order valence-electron chi connectivity index (χ4n) is 2.40. The third kappa shape index (κ3) is 13.9. The summed E-state index contributed by atoms with van der Waals surface area (Å²) in [6, 6.07) is -4.13. The normalized spacial score (nSPS) is 13.0. The fraction of sp³-hybridized carbons (Fsp3) is 0.588. The lowest BCUT2D eigenvalue weighted by atomic mass is 10.1. The Kier molecular flexibility index (Phi) is 13.2. The Morgan fingerprint density at radius 1 is 0.879 bits per heavy atom. The molecule has 16 nitrogen and oxygen atoms in total. The molecule has 0 saturated heterocycles. The van der Waals surface area contributed by atoms with Gasteiger partial charge in [-0.15, -0.1) is 0 Å². The number of primary amides is 1. The Morgan fingerprint density at radius 2 is 1.52 bits per heavy atom. The van der Waals surface area contributed by atoms with Gasteiger partial charge in [-0.3, -0.25) is 29.0 Å². The minimum Gasteiger partial charge on any atom is -0.481 e. The summed E-state index contributed by atoms with van der Waals surface area (Å²) < 4.78 is 0. The van der Waals surface area contributed by atoms with E-state index in [-0.39, 0.29) is 31.8 Å². The number of carbonyl (C=O) groups is 6. The minimum atomic E-state index is -1.76. The van der Waals surface area contributed by atoms with Crippen LogP contribution in [0.15, 0.2) is 4.99 Å². The van der Waals surface area contributed by atoms with Crippen LogP contribution in [-0.2, 0) is 28.8 Å². The van der Waals surface area contributed by atoms with Crippen LogP contribution in [0.1, 0.15) is 32.1 Å². The molecular formula is C17H30N8O8. The van der Waals surface area contributed by atoms with E-state index in [1.165, 1.54) is 0 Å². The van der Waals surface area contributed by atoms with E-state index in [0.717, 1.165) is 0 Å². The van der Waals surface area contributed by atoms with Gasteiger partial charge >= 0.3 is 11.9 Å². The molecule has 186 valence electrons. The maximum Gasteiger partial charge on any atom is 0.326 e. The number of hydrogen-bond donors (Lipinski definition) is 9. The zero-order valence-corrected chi connectivity index (χ0v) is 17.8. The lowest BCUT2D eigenvalue weighted by Gasteiger charge is -2.21. The van der Waals surface area contributed by atoms with Crippen molar-refractivity contribution in [3.63, 3.8) is 0 Å². The van der Waals surface area contributed by atoms with Crippen molar-refractivity contribution in [2.24, 2.45) is 27.9 Å². The maximum absolute atomic E-state index is 12.4. The van der Waals surface area contributed by atoms with E-state index in [2.05, 4.69) is 15.6 Å². The lowest BCUT2D eigenvalue weighted by Crippen LogP contribution is -2.54. The number of carboxylic acids is 2. The number of hydrogen-bond acceptors (Lipinski definition) is 8. The highest BCUT2D eigenvalue weighted by atomic mass is 16.4. The van der Waals surface area contributed by atoms with E-state index in [1.807, 2.05) is 5.32 Å². The van der Waals surface area contributed by atoms with Crippen molar-refractivity contribution in [1.82, 2.24) is 16.0 Å². The molecule has 0 unspecified atom stereocenters. The van der Waals surface area contributed by atoms with Crippen molar-refractivity contribution in [2.75, 3.05) is 13.1 Å². The highest BCUT2D eigenvalue weighted by Gasteiger charge is 2.28. The van der Waals surface area contributed by atoms with Crippen molar-refractivity contribution in [2.45, 2.75) is 50.2 Å². The summed E-state index contributed by atoms with van der Waals surface area (Å²) >= 11 is 0. The van der Waals surface area contributed by atoms with Gasteiger partial charge in [-0.05, 0) is 19.3 Å². The van der Waals surface area contributed by atoms with Gasteiger partial charge in [-0.2, -0.15) is 0 Å². The van der Waals surface area contributed by atoms with Crippen LogP contribution in [-0.4, -0.2) is 83.0 Å². The number of carboxylic acid groups (broad SMARTS) is 2. The van der Waals surface area contributed by atoms with Gasteiger partial charge in [-0.1, -0.05) is 0 Å². The summed E-state index contributed by atoms with van der Waals surface area (Å²) in [5, 5.41) is 24.3. The summed E-state index contributed by atoms with van der Waals surface area (Å²) in [7, 11) is 0. The van der Waals surface area contributed by atoms with Crippen LogP contribution in [0.5, 0.6) is 0 Å². The van der Waals surface area contributed by atoms with Crippen LogP contribution in [0.25, 0.3) is 0 Å². The molecule has 16 heteroatoms. The predicted molar refractivity (Wildman–Crippen MR) is 113 cm³/mol. The summed E-state index contributed by atoms with van der Waals surface area (Å²) in [6.45, 7) is -0.308. The summed E-state index contributed by atoms with van der Waals surface area (Å²) in [6.07, 6.45) is -0.884. The second kappa shape index (κ2) is 15.0. The Morgan fingerprint density at radius 3 is 2.03 bits per heavy atom. The van der Waals surface area contributed by atoms with E-state index in [9.17, 15) is 28.8 Å². The molecular weight excluding hydrogens is 444 g/mol. The first-order valence-electron chi connectivity index (χ1n) is 9.74. The predicted octanol–water partition coefficient (Wildman–Crippen LogP) is -4.72. The maximum atomic E-state index is 12.4. The number of nitrogens with zero attached hydrogens (tertiary/aromatic N) is 1. The van der Waals surface area contributed by atoms with Crippen LogP contribution < -0.4 is 38.9 Å². The fourth-order valence-corrected chi connectivity index (χ4v) is 2.40. The van der Waals surface area contributed by atoms with Crippen LogP contribution in [0.4, 0.5) is 0 Å². The second-order valence-electron chi connectivity index (χ2n) is 6.90. The molecule has 33 heavy (non-hydrogen) atoms. The average Bonchev–Trinajstić information content (AvgIpc) is 2.70. The molecule has 0 aromatic carbocycles. The number of nitrogens with one attached hydrogen (secondary N) is 3. The van der Waals surface area contributed by atoms with Crippen molar-refractivity contribution in [1.29, 1.82) is 0 Å². The van der Waals surface area contributed by atoms with Crippen LogP contribution in [0, 0.1) is 0 Å². The molecule has 13 N–H and O–H groups in total. The molecule has 0 aliphatic carbocycles. The van der Waals surface area contributed by atoms with Crippen LogP contribution in [0.2, 0.25) is 0 Å². The van der Waals surface area contributed by atoms with Gasteiger partial charge in [0.1, 0.15) is 12.1 Å². The quantitative estimate of drug-likeness (QED) is 0.0581. The SMILES string of the molecule is NC(=O)CC[C@H](NC(=O)CNC(=O)[C@@H](N)CCCN=C(N)N)C(=O)N[C@@H](CC(=O)O)C(=O)O. The van der Waals surface area contributed by atoms with Gasteiger partial charge in [0.2, 0.25) is 23.6 Å². The minimum absolute atomic E-state index is 0.0998. The molecule has 0 aliphatic rings. The van der Waals surface area contributed by atoms with Gasteiger partial charge in [0.25, 0.3) is 0 Å². The van der Waals surface area contributed by atoms with Crippen LogP contribution in [0.3, 0.4) is 0 Å². The first-order chi connectivity index (χ1) is 15.3. The highest BCUT2D eigenvalue weighted by Crippen LogP contribution is 2.01.